The number of nitriles is 1. The van der Waals surface area contributed by atoms with Gasteiger partial charge in [-0.3, -0.25) is 14.2 Å². The first-order valence-electron chi connectivity index (χ1n) is 5.23. The number of aromatic nitrogens is 2. The van der Waals surface area contributed by atoms with Crippen LogP contribution in [0.1, 0.15) is 31.2 Å². The average molecular weight is 267 g/mol. The van der Waals surface area contributed by atoms with Gasteiger partial charge in [-0.2, -0.15) is 5.26 Å². The van der Waals surface area contributed by atoms with Gasteiger partial charge in [-0.05, 0) is 6.26 Å². The first-order valence-corrected chi connectivity index (χ1v) is 6.45. The van der Waals surface area contributed by atoms with Gasteiger partial charge in [0.25, 0.3) is 5.56 Å². The summed E-state index contributed by atoms with van der Waals surface area (Å²) >= 11 is 1.20. The Hall–Kier alpha value is -1.81. The molecule has 1 rings (SSSR count). The lowest BCUT2D eigenvalue weighted by molar-refractivity contribution is -0.137. The fraction of sp³-hybridized carbons (Fsp3) is 0.455. The van der Waals surface area contributed by atoms with E-state index in [1.165, 1.54) is 11.8 Å². The van der Waals surface area contributed by atoms with Gasteiger partial charge in [0.15, 0.2) is 0 Å². The lowest BCUT2D eigenvalue weighted by atomic mass is 10.2. The molecule has 96 valence electrons. The van der Waals surface area contributed by atoms with Crippen LogP contribution in [0.15, 0.2) is 9.82 Å². The van der Waals surface area contributed by atoms with Gasteiger partial charge in [0, 0.05) is 5.92 Å². The van der Waals surface area contributed by atoms with Crippen molar-refractivity contribution in [3.63, 3.8) is 0 Å². The van der Waals surface area contributed by atoms with Crippen LogP contribution in [-0.2, 0) is 11.3 Å². The predicted molar refractivity (Wildman–Crippen MR) is 66.7 cm³/mol. The minimum absolute atomic E-state index is 0.101. The fourth-order valence-electron chi connectivity index (χ4n) is 1.52. The minimum atomic E-state index is -1.14. The van der Waals surface area contributed by atoms with Crippen molar-refractivity contribution in [3.8, 4) is 6.07 Å². The van der Waals surface area contributed by atoms with Crippen LogP contribution < -0.4 is 5.56 Å². The lowest BCUT2D eigenvalue weighted by Crippen LogP contribution is -2.31. The van der Waals surface area contributed by atoms with Crippen LogP contribution >= 0.6 is 11.8 Å². The van der Waals surface area contributed by atoms with Crippen LogP contribution in [0, 0.1) is 11.3 Å². The molecule has 7 heteroatoms. The Morgan fingerprint density at radius 2 is 2.22 bits per heavy atom. The molecule has 0 atom stereocenters. The van der Waals surface area contributed by atoms with Crippen LogP contribution in [0.3, 0.4) is 0 Å². The molecule has 0 amide bonds. The van der Waals surface area contributed by atoms with Crippen LogP contribution in [0.5, 0.6) is 0 Å². The maximum Gasteiger partial charge on any atom is 0.323 e. The molecular formula is C11H13N3O3S. The highest BCUT2D eigenvalue weighted by Gasteiger charge is 2.19. The number of hydrogen-bond donors (Lipinski definition) is 1. The van der Waals surface area contributed by atoms with Crippen LogP contribution in [0.4, 0.5) is 0 Å². The number of carboxylic acid groups (broad SMARTS) is 1. The molecule has 0 aliphatic rings. The Morgan fingerprint density at radius 1 is 1.61 bits per heavy atom. The fourth-order valence-corrected chi connectivity index (χ4v) is 2.04. The summed E-state index contributed by atoms with van der Waals surface area (Å²) in [6.07, 6.45) is 1.72. The Labute approximate surface area is 108 Å². The number of nitrogens with zero attached hydrogens (tertiary/aromatic N) is 3. The van der Waals surface area contributed by atoms with Gasteiger partial charge in [0.05, 0.1) is 0 Å². The highest BCUT2D eigenvalue weighted by Crippen LogP contribution is 2.18. The van der Waals surface area contributed by atoms with E-state index in [9.17, 15) is 9.59 Å². The van der Waals surface area contributed by atoms with Crippen LogP contribution in [0.25, 0.3) is 0 Å². The zero-order chi connectivity index (χ0) is 13.9. The molecule has 1 aromatic rings. The zero-order valence-electron chi connectivity index (χ0n) is 10.3. The Bertz CT molecular complexity index is 572. The van der Waals surface area contributed by atoms with E-state index in [0.717, 1.165) is 4.57 Å². The molecule has 0 saturated heterocycles. The van der Waals surface area contributed by atoms with E-state index in [-0.39, 0.29) is 11.5 Å². The third-order valence-corrected chi connectivity index (χ3v) is 2.96. The second-order valence-corrected chi connectivity index (χ2v) is 4.70. The highest BCUT2D eigenvalue weighted by molar-refractivity contribution is 7.98. The van der Waals surface area contributed by atoms with Crippen molar-refractivity contribution >= 4 is 17.7 Å². The van der Waals surface area contributed by atoms with Crippen molar-refractivity contribution in [1.29, 1.82) is 5.26 Å². The maximum absolute atomic E-state index is 12.1. The Morgan fingerprint density at radius 3 is 2.61 bits per heavy atom. The van der Waals surface area contributed by atoms with Gasteiger partial charge < -0.3 is 5.11 Å². The molecule has 1 aromatic heterocycles. The van der Waals surface area contributed by atoms with E-state index < -0.39 is 18.1 Å². The molecule has 6 nitrogen and oxygen atoms in total. The summed E-state index contributed by atoms with van der Waals surface area (Å²) in [6.45, 7) is 3.15. The summed E-state index contributed by atoms with van der Waals surface area (Å²) in [5.41, 5.74) is -0.698. The molecule has 0 fully saturated rings. The molecule has 0 radical (unpaired) electrons. The Balaban J connectivity index is 3.62. The standard InChI is InChI=1S/C11H13N3O3S/c1-6(2)9-13-10(18-3)7(4-12)11(17)14(9)5-8(15)16/h6H,5H2,1-3H3,(H,15,16). The second kappa shape index (κ2) is 5.69. The molecule has 0 aliphatic carbocycles. The van der Waals surface area contributed by atoms with E-state index >= 15 is 0 Å². The van der Waals surface area contributed by atoms with Crippen molar-refractivity contribution in [3.05, 3.63) is 21.7 Å². The molecule has 1 N–H and O–H groups in total. The van der Waals surface area contributed by atoms with Crippen molar-refractivity contribution in [1.82, 2.24) is 9.55 Å². The normalized spacial score (nSPS) is 10.4. The molecule has 0 aliphatic heterocycles. The van der Waals surface area contributed by atoms with Gasteiger partial charge in [0.1, 0.15) is 29.0 Å². The number of carboxylic acids is 1. The van der Waals surface area contributed by atoms with E-state index in [1.807, 2.05) is 13.8 Å². The second-order valence-electron chi connectivity index (χ2n) is 3.91. The maximum atomic E-state index is 12.1. The van der Waals surface area contributed by atoms with Gasteiger partial charge in [-0.25, -0.2) is 4.98 Å². The highest BCUT2D eigenvalue weighted by atomic mass is 32.2. The molecular weight excluding hydrogens is 254 g/mol. The number of thioether (sulfide) groups is 1. The first kappa shape index (κ1) is 14.3. The van der Waals surface area contributed by atoms with Crippen molar-refractivity contribution in [2.75, 3.05) is 6.26 Å². The zero-order valence-corrected chi connectivity index (χ0v) is 11.1. The van der Waals surface area contributed by atoms with Gasteiger partial charge in [-0.1, -0.05) is 13.8 Å². The summed E-state index contributed by atoms with van der Waals surface area (Å²) in [7, 11) is 0. The largest absolute Gasteiger partial charge is 0.480 e. The van der Waals surface area contributed by atoms with Crippen LogP contribution in [-0.4, -0.2) is 26.9 Å². The van der Waals surface area contributed by atoms with Crippen molar-refractivity contribution in [2.24, 2.45) is 0 Å². The van der Waals surface area contributed by atoms with Gasteiger partial charge >= 0.3 is 5.97 Å². The van der Waals surface area contributed by atoms with Crippen molar-refractivity contribution < 1.29 is 9.90 Å². The Kier molecular flexibility index (Phi) is 4.50. The minimum Gasteiger partial charge on any atom is -0.480 e. The lowest BCUT2D eigenvalue weighted by Gasteiger charge is -2.14. The smallest absolute Gasteiger partial charge is 0.323 e. The summed E-state index contributed by atoms with van der Waals surface area (Å²) < 4.78 is 1.05. The third-order valence-electron chi connectivity index (χ3n) is 2.28. The van der Waals surface area contributed by atoms with E-state index in [1.54, 1.807) is 12.3 Å². The molecule has 0 bridgehead atoms. The molecule has 1 heterocycles. The summed E-state index contributed by atoms with van der Waals surface area (Å²) in [6, 6.07) is 1.78. The summed E-state index contributed by atoms with van der Waals surface area (Å²) in [5.74, 6) is -0.858. The summed E-state index contributed by atoms with van der Waals surface area (Å²) in [5, 5.41) is 18.1. The topological polar surface area (TPSA) is 96.0 Å². The van der Waals surface area contributed by atoms with E-state index in [0.29, 0.717) is 10.9 Å². The predicted octanol–water partition coefficient (Wildman–Crippen LogP) is 1.04. The molecule has 0 spiro atoms. The van der Waals surface area contributed by atoms with E-state index in [2.05, 4.69) is 4.98 Å². The number of aliphatic carboxylic acids is 1. The quantitative estimate of drug-likeness (QED) is 0.647. The molecule has 18 heavy (non-hydrogen) atoms. The van der Waals surface area contributed by atoms with Gasteiger partial charge in [-0.15, -0.1) is 11.8 Å². The number of carbonyl (C=O) groups is 1. The number of rotatable bonds is 4. The van der Waals surface area contributed by atoms with E-state index in [4.69, 9.17) is 10.4 Å². The summed E-state index contributed by atoms with van der Waals surface area (Å²) in [4.78, 5) is 27.1. The molecule has 0 unspecified atom stereocenters. The van der Waals surface area contributed by atoms with Crippen molar-refractivity contribution in [2.45, 2.75) is 31.3 Å². The molecule has 0 saturated carbocycles. The van der Waals surface area contributed by atoms with Crippen LogP contribution in [0.2, 0.25) is 0 Å². The first-order chi connectivity index (χ1) is 8.42. The molecule has 0 aromatic carbocycles. The van der Waals surface area contributed by atoms with Gasteiger partial charge in [0.2, 0.25) is 0 Å². The third kappa shape index (κ3) is 2.71. The number of hydrogen-bond acceptors (Lipinski definition) is 5. The monoisotopic (exact) mass is 267 g/mol. The average Bonchev–Trinajstić information content (AvgIpc) is 2.30. The SMILES string of the molecule is CSc1nc(C(C)C)n(CC(=O)O)c(=O)c1C#N.